The second kappa shape index (κ2) is 8.74. The van der Waals surface area contributed by atoms with Crippen molar-refractivity contribution in [3.8, 4) is 17.1 Å². The van der Waals surface area contributed by atoms with Crippen molar-refractivity contribution in [2.75, 3.05) is 17.7 Å². The van der Waals surface area contributed by atoms with Gasteiger partial charge < -0.3 is 15.4 Å². The smallest absolute Gasteiger partial charge is 0.255 e. The first-order chi connectivity index (χ1) is 16.1. The van der Waals surface area contributed by atoms with E-state index in [9.17, 15) is 9.59 Å². The van der Waals surface area contributed by atoms with E-state index in [1.165, 1.54) is 0 Å². The molecule has 4 aromatic rings. The topological polar surface area (TPSA) is 97.6 Å². The maximum Gasteiger partial charge on any atom is 0.255 e. The number of anilines is 2. The number of methoxy groups -OCH3 is 1. The van der Waals surface area contributed by atoms with Crippen molar-refractivity contribution in [3.05, 3.63) is 72.4 Å². The van der Waals surface area contributed by atoms with Gasteiger partial charge >= 0.3 is 0 Å². The lowest BCUT2D eigenvalue weighted by Crippen LogP contribution is -2.28. The Labute approximate surface area is 190 Å². The molecule has 0 aliphatic heterocycles. The van der Waals surface area contributed by atoms with Gasteiger partial charge in [0.25, 0.3) is 5.91 Å². The van der Waals surface area contributed by atoms with Crippen LogP contribution in [0.3, 0.4) is 0 Å². The van der Waals surface area contributed by atoms with Gasteiger partial charge in [-0.05, 0) is 49.2 Å². The number of nitrogens with zero attached hydrogens (tertiary/aromatic N) is 3. The van der Waals surface area contributed by atoms with E-state index in [0.29, 0.717) is 34.2 Å². The monoisotopic (exact) mass is 441 g/mol. The number of nitrogens with one attached hydrogen (secondary N) is 2. The molecule has 0 atom stereocenters. The minimum absolute atomic E-state index is 0.0571. The third-order valence-electron chi connectivity index (χ3n) is 5.88. The van der Waals surface area contributed by atoms with Crippen molar-refractivity contribution in [1.29, 1.82) is 0 Å². The molecule has 2 heterocycles. The maximum atomic E-state index is 12.6. The summed E-state index contributed by atoms with van der Waals surface area (Å²) in [6.07, 6.45) is 4.83. The minimum atomic E-state index is -0.220. The highest BCUT2D eigenvalue weighted by atomic mass is 16.5. The molecule has 2 aromatic carbocycles. The van der Waals surface area contributed by atoms with E-state index < -0.39 is 0 Å². The Kier molecular flexibility index (Phi) is 5.48. The third kappa shape index (κ3) is 4.27. The normalized spacial score (nSPS) is 13.4. The molecule has 0 unspecified atom stereocenters. The van der Waals surface area contributed by atoms with E-state index in [0.717, 1.165) is 24.8 Å². The second-order valence-electron chi connectivity index (χ2n) is 8.05. The van der Waals surface area contributed by atoms with E-state index in [1.54, 1.807) is 31.4 Å². The summed E-state index contributed by atoms with van der Waals surface area (Å²) in [5, 5.41) is 14.4. The average Bonchev–Trinajstić information content (AvgIpc) is 3.21. The third-order valence-corrected chi connectivity index (χ3v) is 5.88. The summed E-state index contributed by atoms with van der Waals surface area (Å²) in [5.41, 5.74) is 3.36. The molecule has 2 N–H and O–H groups in total. The molecule has 2 aromatic heterocycles. The van der Waals surface area contributed by atoms with E-state index in [2.05, 4.69) is 20.8 Å². The molecule has 1 aliphatic carbocycles. The number of hydrogen-bond acceptors (Lipinski definition) is 5. The standard InChI is InChI=1S/C25H23N5O3/c1-33-21-7-3-6-19(14-21)26-25(32)18-10-8-16(9-11-18)23-29-28-22-13-12-20(15-30(22)23)27-24(31)17-4-2-5-17/h3,6-15,17H,2,4-5H2,1H3,(H,26,32)(H,27,31). The average molecular weight is 441 g/mol. The van der Waals surface area contributed by atoms with Crippen LogP contribution in [0.2, 0.25) is 0 Å². The Morgan fingerprint density at radius 3 is 2.52 bits per heavy atom. The van der Waals surface area contributed by atoms with Crippen molar-refractivity contribution in [2.45, 2.75) is 19.3 Å². The molecule has 0 radical (unpaired) electrons. The number of benzene rings is 2. The molecular weight excluding hydrogens is 418 g/mol. The first-order valence-corrected chi connectivity index (χ1v) is 10.8. The molecule has 166 valence electrons. The second-order valence-corrected chi connectivity index (χ2v) is 8.05. The predicted octanol–water partition coefficient (Wildman–Crippen LogP) is 4.40. The van der Waals surface area contributed by atoms with Crippen molar-refractivity contribution < 1.29 is 14.3 Å². The van der Waals surface area contributed by atoms with Crippen LogP contribution in [0.5, 0.6) is 5.75 Å². The zero-order valence-corrected chi connectivity index (χ0v) is 18.1. The van der Waals surface area contributed by atoms with Crippen LogP contribution in [0.1, 0.15) is 29.6 Å². The van der Waals surface area contributed by atoms with Crippen molar-refractivity contribution in [1.82, 2.24) is 14.6 Å². The van der Waals surface area contributed by atoms with Gasteiger partial charge in [0.05, 0.1) is 12.8 Å². The number of pyridine rings is 1. The van der Waals surface area contributed by atoms with Crippen LogP contribution in [-0.4, -0.2) is 33.5 Å². The van der Waals surface area contributed by atoms with Gasteiger partial charge in [0.1, 0.15) is 5.75 Å². The highest BCUT2D eigenvalue weighted by Gasteiger charge is 2.25. The number of carbonyl (C=O) groups is 2. The lowest BCUT2D eigenvalue weighted by atomic mass is 9.85. The highest BCUT2D eigenvalue weighted by Crippen LogP contribution is 2.28. The Morgan fingerprint density at radius 1 is 0.970 bits per heavy atom. The summed E-state index contributed by atoms with van der Waals surface area (Å²) in [4.78, 5) is 24.9. The fourth-order valence-electron chi connectivity index (χ4n) is 3.75. The lowest BCUT2D eigenvalue weighted by Gasteiger charge is -2.24. The largest absolute Gasteiger partial charge is 0.497 e. The zero-order chi connectivity index (χ0) is 22.8. The summed E-state index contributed by atoms with van der Waals surface area (Å²) in [5.74, 6) is 1.25. The van der Waals surface area contributed by atoms with E-state index in [1.807, 2.05) is 47.0 Å². The molecule has 33 heavy (non-hydrogen) atoms. The Hall–Kier alpha value is -4.20. The van der Waals surface area contributed by atoms with Gasteiger partial charge in [-0.2, -0.15) is 0 Å². The first kappa shape index (κ1) is 20.7. The number of carbonyl (C=O) groups excluding carboxylic acids is 2. The van der Waals surface area contributed by atoms with Crippen LogP contribution in [0.4, 0.5) is 11.4 Å². The van der Waals surface area contributed by atoms with Crippen LogP contribution in [0.25, 0.3) is 17.0 Å². The van der Waals surface area contributed by atoms with Crippen molar-refractivity contribution in [3.63, 3.8) is 0 Å². The van der Waals surface area contributed by atoms with Crippen LogP contribution >= 0.6 is 0 Å². The number of aromatic nitrogens is 3. The summed E-state index contributed by atoms with van der Waals surface area (Å²) < 4.78 is 7.03. The molecule has 0 bridgehead atoms. The van der Waals surface area contributed by atoms with Crippen LogP contribution < -0.4 is 15.4 Å². The molecule has 1 saturated carbocycles. The van der Waals surface area contributed by atoms with Crippen molar-refractivity contribution >= 4 is 28.8 Å². The molecule has 1 aliphatic rings. The minimum Gasteiger partial charge on any atom is -0.497 e. The van der Waals surface area contributed by atoms with Gasteiger partial charge in [-0.15, -0.1) is 10.2 Å². The quantitative estimate of drug-likeness (QED) is 0.462. The summed E-state index contributed by atoms with van der Waals surface area (Å²) >= 11 is 0. The summed E-state index contributed by atoms with van der Waals surface area (Å²) in [6, 6.07) is 18.0. The van der Waals surface area contributed by atoms with Gasteiger partial charge in [0, 0.05) is 35.0 Å². The molecule has 8 nitrogen and oxygen atoms in total. The van der Waals surface area contributed by atoms with Crippen LogP contribution in [-0.2, 0) is 4.79 Å². The zero-order valence-electron chi connectivity index (χ0n) is 18.1. The highest BCUT2D eigenvalue weighted by molar-refractivity contribution is 6.04. The van der Waals surface area contributed by atoms with Gasteiger partial charge in [0.2, 0.25) is 5.91 Å². The lowest BCUT2D eigenvalue weighted by molar-refractivity contribution is -0.122. The van der Waals surface area contributed by atoms with Crippen molar-refractivity contribution in [2.24, 2.45) is 5.92 Å². The Bertz CT molecular complexity index is 1330. The van der Waals surface area contributed by atoms with E-state index in [4.69, 9.17) is 4.74 Å². The van der Waals surface area contributed by atoms with Gasteiger partial charge in [0.15, 0.2) is 11.5 Å². The summed E-state index contributed by atoms with van der Waals surface area (Å²) in [7, 11) is 1.58. The molecule has 0 saturated heterocycles. The first-order valence-electron chi connectivity index (χ1n) is 10.8. The summed E-state index contributed by atoms with van der Waals surface area (Å²) in [6.45, 7) is 0. The number of ether oxygens (including phenoxy) is 1. The van der Waals surface area contributed by atoms with Gasteiger partial charge in [-0.1, -0.05) is 24.6 Å². The van der Waals surface area contributed by atoms with Gasteiger partial charge in [-0.3, -0.25) is 14.0 Å². The number of amides is 2. The molecule has 2 amide bonds. The number of hydrogen-bond donors (Lipinski definition) is 2. The van der Waals surface area contributed by atoms with E-state index in [-0.39, 0.29) is 17.7 Å². The van der Waals surface area contributed by atoms with E-state index >= 15 is 0 Å². The molecule has 1 fully saturated rings. The Morgan fingerprint density at radius 2 is 1.79 bits per heavy atom. The molecule has 8 heteroatoms. The molecule has 0 spiro atoms. The predicted molar refractivity (Wildman–Crippen MR) is 125 cm³/mol. The van der Waals surface area contributed by atoms with Crippen LogP contribution in [0.15, 0.2) is 66.9 Å². The fourth-order valence-corrected chi connectivity index (χ4v) is 3.75. The van der Waals surface area contributed by atoms with Gasteiger partial charge in [-0.25, -0.2) is 0 Å². The molecular formula is C25H23N5O3. The fraction of sp³-hybridized carbons (Fsp3) is 0.200. The SMILES string of the molecule is COc1cccc(NC(=O)c2ccc(-c3nnc4ccc(NC(=O)C5CCC5)cn34)cc2)c1. The molecule has 5 rings (SSSR count). The number of rotatable bonds is 6. The Balaban J connectivity index is 1.34. The number of fused-ring (bicyclic) bond motifs is 1. The van der Waals surface area contributed by atoms with Crippen LogP contribution in [0, 0.1) is 5.92 Å². The maximum absolute atomic E-state index is 12.6.